The minimum Gasteiger partial charge on any atom is -0.206 e. The topological polar surface area (TPSA) is 0 Å². The van der Waals surface area contributed by atoms with E-state index in [9.17, 15) is 4.39 Å². The van der Waals surface area contributed by atoms with Gasteiger partial charge in [0, 0.05) is 16.5 Å². The zero-order chi connectivity index (χ0) is 22.3. The monoisotopic (exact) mass is 420 g/mol. The molecule has 4 rings (SSSR count). The minimum atomic E-state index is -0.117. The van der Waals surface area contributed by atoms with Crippen molar-refractivity contribution in [3.63, 3.8) is 0 Å². The van der Waals surface area contributed by atoms with Crippen molar-refractivity contribution in [3.05, 3.63) is 107 Å². The van der Waals surface area contributed by atoms with Crippen LogP contribution in [0.5, 0.6) is 0 Å². The van der Waals surface area contributed by atoms with Gasteiger partial charge in [0.15, 0.2) is 0 Å². The van der Waals surface area contributed by atoms with E-state index in [4.69, 9.17) is 0 Å². The van der Waals surface area contributed by atoms with Gasteiger partial charge in [0.25, 0.3) is 0 Å². The molecule has 0 N–H and O–H groups in total. The Morgan fingerprint density at radius 2 is 1.34 bits per heavy atom. The van der Waals surface area contributed by atoms with Gasteiger partial charge in [-0.1, -0.05) is 93.1 Å². The van der Waals surface area contributed by atoms with Crippen LogP contribution >= 0.6 is 0 Å². The van der Waals surface area contributed by atoms with Crippen LogP contribution in [0.4, 0.5) is 4.39 Å². The lowest BCUT2D eigenvalue weighted by molar-refractivity contribution is 0.624. The van der Waals surface area contributed by atoms with Crippen molar-refractivity contribution >= 4 is 10.8 Å². The van der Waals surface area contributed by atoms with Crippen LogP contribution in [0, 0.1) is 17.7 Å². The largest absolute Gasteiger partial charge is 0.206 e. The van der Waals surface area contributed by atoms with E-state index in [0.717, 1.165) is 28.5 Å². The second kappa shape index (κ2) is 10.3. The fraction of sp³-hybridized carbons (Fsp3) is 0.226. The molecule has 160 valence electrons. The summed E-state index contributed by atoms with van der Waals surface area (Å²) in [6.45, 7) is 4.21. The SMILES string of the molecule is CCCCCc1ccc(-c2ccc(C#Cc3ccc4c(F)c(CC)ccc4c3)cc2)cc1. The van der Waals surface area contributed by atoms with Crippen LogP contribution in [0.1, 0.15) is 55.4 Å². The molecule has 0 aromatic heterocycles. The Balaban J connectivity index is 1.47. The molecule has 0 heterocycles. The van der Waals surface area contributed by atoms with Gasteiger partial charge in [-0.2, -0.15) is 0 Å². The second-order valence-corrected chi connectivity index (χ2v) is 8.31. The third kappa shape index (κ3) is 5.09. The number of halogens is 1. The molecule has 0 radical (unpaired) electrons. The first kappa shape index (κ1) is 21.8. The lowest BCUT2D eigenvalue weighted by Crippen LogP contribution is -1.89. The summed E-state index contributed by atoms with van der Waals surface area (Å²) in [6.07, 6.45) is 5.66. The number of hydrogen-bond donors (Lipinski definition) is 0. The standard InChI is InChI=1S/C31H29F/c1-3-5-6-7-23-10-15-27(16-11-23)28-17-12-24(13-18-28)8-9-25-14-21-30-29(22-25)20-19-26(4-2)31(30)32/h10-22H,3-7H2,1-2H3. The van der Waals surface area contributed by atoms with Crippen molar-refractivity contribution in [2.24, 2.45) is 0 Å². The lowest BCUT2D eigenvalue weighted by atomic mass is 10.0. The molecule has 4 aromatic rings. The summed E-state index contributed by atoms with van der Waals surface area (Å²) in [6, 6.07) is 26.8. The summed E-state index contributed by atoms with van der Waals surface area (Å²) in [5.74, 6) is 6.34. The highest BCUT2D eigenvalue weighted by Crippen LogP contribution is 2.23. The number of hydrogen-bond acceptors (Lipinski definition) is 0. The van der Waals surface area contributed by atoms with Crippen molar-refractivity contribution in [1.29, 1.82) is 0 Å². The average molecular weight is 421 g/mol. The van der Waals surface area contributed by atoms with E-state index in [0.29, 0.717) is 11.8 Å². The summed E-state index contributed by atoms with van der Waals surface area (Å²) in [5, 5.41) is 1.55. The van der Waals surface area contributed by atoms with Crippen LogP contribution in [0.2, 0.25) is 0 Å². The minimum absolute atomic E-state index is 0.117. The van der Waals surface area contributed by atoms with Crippen molar-refractivity contribution in [2.75, 3.05) is 0 Å². The predicted octanol–water partition coefficient (Wildman–Crippen LogP) is 8.34. The maximum Gasteiger partial charge on any atom is 0.134 e. The molecule has 4 aromatic carbocycles. The van der Waals surface area contributed by atoms with Crippen molar-refractivity contribution in [3.8, 4) is 23.0 Å². The van der Waals surface area contributed by atoms with Crippen molar-refractivity contribution in [1.82, 2.24) is 0 Å². The van der Waals surface area contributed by atoms with Gasteiger partial charge in [-0.25, -0.2) is 4.39 Å². The molecule has 1 heteroatoms. The first-order chi connectivity index (χ1) is 15.7. The quantitative estimate of drug-likeness (QED) is 0.217. The molecule has 0 aliphatic rings. The van der Waals surface area contributed by atoms with Gasteiger partial charge < -0.3 is 0 Å². The highest BCUT2D eigenvalue weighted by molar-refractivity contribution is 5.85. The molecule has 0 aliphatic carbocycles. The van der Waals surface area contributed by atoms with E-state index in [-0.39, 0.29) is 5.82 Å². The average Bonchev–Trinajstić information content (AvgIpc) is 2.84. The molecule has 0 fully saturated rings. The van der Waals surface area contributed by atoms with Gasteiger partial charge in [-0.05, 0) is 71.2 Å². The van der Waals surface area contributed by atoms with Gasteiger partial charge in [-0.15, -0.1) is 0 Å². The van der Waals surface area contributed by atoms with E-state index >= 15 is 0 Å². The highest BCUT2D eigenvalue weighted by Gasteiger charge is 2.06. The first-order valence-corrected chi connectivity index (χ1v) is 11.6. The Hall–Kier alpha value is -3.37. The fourth-order valence-electron chi connectivity index (χ4n) is 4.02. The van der Waals surface area contributed by atoms with E-state index in [2.05, 4.69) is 67.3 Å². The maximum absolute atomic E-state index is 14.5. The molecule has 0 unspecified atom stereocenters. The van der Waals surface area contributed by atoms with Crippen molar-refractivity contribution in [2.45, 2.75) is 46.0 Å². The first-order valence-electron chi connectivity index (χ1n) is 11.6. The Labute approximate surface area is 191 Å². The summed E-state index contributed by atoms with van der Waals surface area (Å²) < 4.78 is 14.5. The second-order valence-electron chi connectivity index (χ2n) is 8.31. The molecule has 0 nitrogen and oxygen atoms in total. The van der Waals surface area contributed by atoms with Gasteiger partial charge in [0.1, 0.15) is 5.82 Å². The van der Waals surface area contributed by atoms with E-state index in [1.54, 1.807) is 0 Å². The van der Waals surface area contributed by atoms with Crippen LogP contribution in [-0.4, -0.2) is 0 Å². The number of rotatable bonds is 6. The zero-order valence-corrected chi connectivity index (χ0v) is 18.9. The normalized spacial score (nSPS) is 10.7. The molecule has 32 heavy (non-hydrogen) atoms. The van der Waals surface area contributed by atoms with Gasteiger partial charge in [0.05, 0.1) is 0 Å². The molecule has 0 saturated heterocycles. The third-order valence-corrected chi connectivity index (χ3v) is 6.01. The number of unbranched alkanes of at least 4 members (excludes halogenated alkanes) is 2. The summed E-state index contributed by atoms with van der Waals surface area (Å²) >= 11 is 0. The van der Waals surface area contributed by atoms with Crippen LogP contribution < -0.4 is 0 Å². The van der Waals surface area contributed by atoms with Gasteiger partial charge >= 0.3 is 0 Å². The number of fused-ring (bicyclic) bond motifs is 1. The fourth-order valence-corrected chi connectivity index (χ4v) is 4.02. The maximum atomic E-state index is 14.5. The number of benzene rings is 4. The summed E-state index contributed by atoms with van der Waals surface area (Å²) in [4.78, 5) is 0. The number of aryl methyl sites for hydroxylation is 2. The van der Waals surface area contributed by atoms with E-state index in [1.165, 1.54) is 36.0 Å². The Bertz CT molecular complexity index is 1250. The van der Waals surface area contributed by atoms with E-state index in [1.807, 2.05) is 37.3 Å². The van der Waals surface area contributed by atoms with Crippen LogP contribution in [0.3, 0.4) is 0 Å². The highest BCUT2D eigenvalue weighted by atomic mass is 19.1. The molecule has 0 bridgehead atoms. The Kier molecular flexibility index (Phi) is 7.03. The molecule has 0 spiro atoms. The van der Waals surface area contributed by atoms with E-state index < -0.39 is 0 Å². The van der Waals surface area contributed by atoms with Gasteiger partial charge in [0.2, 0.25) is 0 Å². The Morgan fingerprint density at radius 3 is 2.03 bits per heavy atom. The van der Waals surface area contributed by atoms with Crippen LogP contribution in [0.25, 0.3) is 21.9 Å². The molecular weight excluding hydrogens is 391 g/mol. The predicted molar refractivity (Wildman–Crippen MR) is 134 cm³/mol. The summed E-state index contributed by atoms with van der Waals surface area (Å²) in [5.41, 5.74) is 6.45. The molecular formula is C31H29F. The molecule has 0 aliphatic heterocycles. The molecule has 0 amide bonds. The third-order valence-electron chi connectivity index (χ3n) is 6.01. The smallest absolute Gasteiger partial charge is 0.134 e. The van der Waals surface area contributed by atoms with Crippen LogP contribution in [-0.2, 0) is 12.8 Å². The zero-order valence-electron chi connectivity index (χ0n) is 18.9. The van der Waals surface area contributed by atoms with Crippen LogP contribution in [0.15, 0.2) is 78.9 Å². The Morgan fingerprint density at radius 1 is 0.688 bits per heavy atom. The molecule has 0 atom stereocenters. The van der Waals surface area contributed by atoms with Gasteiger partial charge in [-0.3, -0.25) is 0 Å². The lowest BCUT2D eigenvalue weighted by Gasteiger charge is -2.05. The molecule has 0 saturated carbocycles. The summed E-state index contributed by atoms with van der Waals surface area (Å²) in [7, 11) is 0. The van der Waals surface area contributed by atoms with Crippen molar-refractivity contribution < 1.29 is 4.39 Å².